The number of benzene rings is 2. The molecule has 0 spiro atoms. The van der Waals surface area contributed by atoms with Crippen molar-refractivity contribution in [3.8, 4) is 17.3 Å². The quantitative estimate of drug-likeness (QED) is 0.546. The van der Waals surface area contributed by atoms with Crippen LogP contribution in [0.25, 0.3) is 11.3 Å². The molecule has 2 N–H and O–H groups in total. The molecule has 1 saturated heterocycles. The number of aromatic nitrogens is 2. The number of hydrogen-bond acceptors (Lipinski definition) is 6. The summed E-state index contributed by atoms with van der Waals surface area (Å²) in [6.07, 6.45) is 0. The molecule has 1 aliphatic heterocycles. The fourth-order valence-corrected chi connectivity index (χ4v) is 4.01. The number of nitriles is 1. The van der Waals surface area contributed by atoms with Crippen LogP contribution in [0.15, 0.2) is 53.3 Å². The molecular weight excluding hydrogens is 487 g/mol. The van der Waals surface area contributed by atoms with Gasteiger partial charge in [0.2, 0.25) is 5.91 Å². The molecule has 1 fully saturated rings. The molecule has 4 rings (SSSR count). The Morgan fingerprint density at radius 3 is 2.78 bits per heavy atom. The number of anilines is 1. The molecule has 11 heteroatoms. The molecule has 0 bridgehead atoms. The van der Waals surface area contributed by atoms with Crippen LogP contribution < -0.4 is 16.2 Å². The summed E-state index contributed by atoms with van der Waals surface area (Å²) in [4.78, 5) is 39.7. The summed E-state index contributed by atoms with van der Waals surface area (Å²) < 4.78 is 14.8. The molecule has 2 aromatic carbocycles. The molecule has 9 nitrogen and oxygen atoms in total. The normalized spacial score (nSPS) is 15.3. The minimum Gasteiger partial charge on any atom is -0.336 e. The number of halogens is 2. The number of nitrogens with one attached hydrogen (secondary N) is 2. The second kappa shape index (κ2) is 10.7. The van der Waals surface area contributed by atoms with E-state index in [4.69, 9.17) is 11.6 Å². The Kier molecular flexibility index (Phi) is 7.43. The number of piperazine rings is 1. The van der Waals surface area contributed by atoms with Gasteiger partial charge in [0.05, 0.1) is 22.3 Å². The Balaban J connectivity index is 1.53. The van der Waals surface area contributed by atoms with Gasteiger partial charge in [-0.1, -0.05) is 17.7 Å². The lowest BCUT2D eigenvalue weighted by molar-refractivity contribution is -0.117. The van der Waals surface area contributed by atoms with Crippen LogP contribution >= 0.6 is 11.6 Å². The van der Waals surface area contributed by atoms with Crippen molar-refractivity contribution in [1.82, 2.24) is 20.0 Å². The summed E-state index contributed by atoms with van der Waals surface area (Å²) in [5, 5.41) is 19.4. The highest BCUT2D eigenvalue weighted by molar-refractivity contribution is 6.30. The van der Waals surface area contributed by atoms with Gasteiger partial charge in [-0.3, -0.25) is 14.4 Å². The maximum atomic E-state index is 13.8. The lowest BCUT2D eigenvalue weighted by Gasteiger charge is -2.32. The van der Waals surface area contributed by atoms with E-state index in [1.54, 1.807) is 11.0 Å². The molecule has 1 aromatic heterocycles. The van der Waals surface area contributed by atoms with Crippen molar-refractivity contribution >= 4 is 29.1 Å². The van der Waals surface area contributed by atoms with Crippen LogP contribution in [0.3, 0.4) is 0 Å². The van der Waals surface area contributed by atoms with Crippen molar-refractivity contribution in [2.45, 2.75) is 19.5 Å². The molecule has 36 heavy (non-hydrogen) atoms. The molecule has 0 aliphatic carbocycles. The zero-order valence-corrected chi connectivity index (χ0v) is 20.1. The highest BCUT2D eigenvalue weighted by Gasteiger charge is 2.22. The molecular formula is C25H22ClFN6O3. The summed E-state index contributed by atoms with van der Waals surface area (Å²) in [5.41, 5.74) is 0.870. The first-order valence-corrected chi connectivity index (χ1v) is 11.5. The van der Waals surface area contributed by atoms with Crippen LogP contribution in [0.4, 0.5) is 10.1 Å². The highest BCUT2D eigenvalue weighted by atomic mass is 35.5. The van der Waals surface area contributed by atoms with Crippen molar-refractivity contribution in [3.05, 3.63) is 80.9 Å². The Bertz CT molecular complexity index is 1430. The summed E-state index contributed by atoms with van der Waals surface area (Å²) in [5.74, 6) is -1.46. The smallest absolute Gasteiger partial charge is 0.267 e. The molecule has 184 valence electrons. The molecule has 0 unspecified atom stereocenters. The van der Waals surface area contributed by atoms with Crippen LogP contribution in [-0.2, 0) is 11.3 Å². The van der Waals surface area contributed by atoms with E-state index in [1.165, 1.54) is 42.5 Å². The predicted octanol–water partition coefficient (Wildman–Crippen LogP) is 2.65. The molecule has 2 amide bonds. The summed E-state index contributed by atoms with van der Waals surface area (Å²) in [7, 11) is 0. The van der Waals surface area contributed by atoms with E-state index in [9.17, 15) is 24.0 Å². The number of amides is 2. The van der Waals surface area contributed by atoms with Gasteiger partial charge >= 0.3 is 0 Å². The minimum atomic E-state index is -0.635. The third kappa shape index (κ3) is 5.76. The third-order valence-corrected chi connectivity index (χ3v) is 5.93. The molecule has 3 aromatic rings. The minimum absolute atomic E-state index is 0.0460. The van der Waals surface area contributed by atoms with E-state index in [1.807, 2.05) is 13.0 Å². The Hall–Kier alpha value is -4.07. The Morgan fingerprint density at radius 1 is 1.25 bits per heavy atom. The topological polar surface area (TPSA) is 120 Å². The van der Waals surface area contributed by atoms with E-state index in [-0.39, 0.29) is 39.5 Å². The second-order valence-corrected chi connectivity index (χ2v) is 8.82. The lowest BCUT2D eigenvalue weighted by atomic mass is 10.1. The fraction of sp³-hybridized carbons (Fsp3) is 0.240. The van der Waals surface area contributed by atoms with Crippen LogP contribution in [0.2, 0.25) is 5.02 Å². The van der Waals surface area contributed by atoms with Gasteiger partial charge in [0, 0.05) is 48.6 Å². The van der Waals surface area contributed by atoms with Crippen LogP contribution in [0.5, 0.6) is 0 Å². The summed E-state index contributed by atoms with van der Waals surface area (Å²) >= 11 is 5.72. The van der Waals surface area contributed by atoms with Gasteiger partial charge in [0.25, 0.3) is 11.5 Å². The first-order chi connectivity index (χ1) is 17.2. The van der Waals surface area contributed by atoms with Gasteiger partial charge in [0.1, 0.15) is 12.4 Å². The van der Waals surface area contributed by atoms with E-state index >= 15 is 0 Å². The maximum Gasteiger partial charge on any atom is 0.267 e. The molecule has 0 saturated carbocycles. The molecule has 2 heterocycles. The predicted molar refractivity (Wildman–Crippen MR) is 132 cm³/mol. The SMILES string of the molecule is C[C@H]1CN(C(=O)c2cc(C#N)cc(NC(=O)Cn3nc(-c4ccc(Cl)c(F)c4)ccc3=O)c2)CCN1. The van der Waals surface area contributed by atoms with Gasteiger partial charge in [-0.25, -0.2) is 9.07 Å². The zero-order valence-electron chi connectivity index (χ0n) is 19.3. The van der Waals surface area contributed by atoms with Crippen molar-refractivity contribution in [1.29, 1.82) is 5.26 Å². The first-order valence-electron chi connectivity index (χ1n) is 11.1. The zero-order chi connectivity index (χ0) is 25.8. The summed E-state index contributed by atoms with van der Waals surface area (Å²) in [6.45, 7) is 3.27. The van der Waals surface area contributed by atoms with Crippen molar-refractivity contribution in [2.75, 3.05) is 25.0 Å². The standard InChI is InChI=1S/C25H22ClFN6O3/c1-15-13-32(7-6-29-15)25(36)18-8-16(12-28)9-19(10-18)30-23(34)14-33-24(35)5-4-22(31-33)17-2-3-20(26)21(27)11-17/h2-5,8-11,15,29H,6-7,13-14H2,1H3,(H,30,34)/t15-/m0/s1. The van der Waals surface area contributed by atoms with Gasteiger partial charge < -0.3 is 15.5 Å². The van der Waals surface area contributed by atoms with Crippen molar-refractivity contribution in [3.63, 3.8) is 0 Å². The second-order valence-electron chi connectivity index (χ2n) is 8.41. The average Bonchev–Trinajstić information content (AvgIpc) is 2.86. The maximum absolute atomic E-state index is 13.8. The van der Waals surface area contributed by atoms with Gasteiger partial charge in [-0.05, 0) is 43.3 Å². The molecule has 0 radical (unpaired) electrons. The number of hydrogen-bond donors (Lipinski definition) is 2. The number of carbonyl (C=O) groups is 2. The van der Waals surface area contributed by atoms with E-state index in [0.717, 1.165) is 4.68 Å². The van der Waals surface area contributed by atoms with Crippen LogP contribution in [0.1, 0.15) is 22.8 Å². The Morgan fingerprint density at radius 2 is 2.06 bits per heavy atom. The monoisotopic (exact) mass is 508 g/mol. The third-order valence-electron chi connectivity index (χ3n) is 5.62. The van der Waals surface area contributed by atoms with Crippen LogP contribution in [-0.4, -0.2) is 52.2 Å². The van der Waals surface area contributed by atoms with E-state index in [0.29, 0.717) is 25.2 Å². The van der Waals surface area contributed by atoms with E-state index in [2.05, 4.69) is 15.7 Å². The van der Waals surface area contributed by atoms with Gasteiger partial charge in [-0.2, -0.15) is 10.4 Å². The summed E-state index contributed by atoms with van der Waals surface area (Å²) in [6, 6.07) is 13.3. The highest BCUT2D eigenvalue weighted by Crippen LogP contribution is 2.22. The van der Waals surface area contributed by atoms with Gasteiger partial charge in [-0.15, -0.1) is 0 Å². The number of rotatable bonds is 5. The first kappa shape index (κ1) is 25.0. The lowest BCUT2D eigenvalue weighted by Crippen LogP contribution is -2.51. The number of carbonyl (C=O) groups excluding carboxylic acids is 2. The van der Waals surface area contributed by atoms with Crippen LogP contribution in [0, 0.1) is 17.1 Å². The fourth-order valence-electron chi connectivity index (χ4n) is 3.90. The van der Waals surface area contributed by atoms with Gasteiger partial charge in [0.15, 0.2) is 0 Å². The van der Waals surface area contributed by atoms with E-state index < -0.39 is 23.8 Å². The molecule has 1 atom stereocenters. The van der Waals surface area contributed by atoms with Crippen molar-refractivity contribution in [2.24, 2.45) is 0 Å². The largest absolute Gasteiger partial charge is 0.336 e. The Labute approximate surface area is 211 Å². The molecule has 1 aliphatic rings. The average molecular weight is 509 g/mol. The number of nitrogens with zero attached hydrogens (tertiary/aromatic N) is 4. The van der Waals surface area contributed by atoms with Crippen molar-refractivity contribution < 1.29 is 14.0 Å².